The van der Waals surface area contributed by atoms with E-state index in [4.69, 9.17) is 0 Å². The minimum atomic E-state index is 0. The first-order valence-electron chi connectivity index (χ1n) is 65.4. The zero-order chi connectivity index (χ0) is 105. The SMILES string of the molecule is CCCCCCCCCC#CCCc1ccccc1C1=C(CCCCCC)C(CCCCCC)=C(c2ccccc2CCC#CCCCCCCCCC)[N+]1=[N-].CCCCCCCCCCCCCCCCCCCCCCCCC[CH2][Ni][CH2]CCCCCCCCCCCCCCCCCCCCCCCCC.CCCCCCc1cccc(C2=C(CCCC)C(CCCC)=C(c3cccc(CCCCCC)c3)[N+]2=[N-])c1.[Pd]. The van der Waals surface area contributed by atoms with Gasteiger partial charge in [0, 0.05) is 90.7 Å². The number of hydrogen-bond donors (Lipinski definition) is 0. The average Bonchev–Trinajstić information content (AvgIpc) is 1.60. The van der Waals surface area contributed by atoms with E-state index in [1.54, 1.807) is 9.39 Å². The van der Waals surface area contributed by atoms with Crippen molar-refractivity contribution in [2.75, 3.05) is 0 Å². The molecule has 4 aromatic carbocycles. The summed E-state index contributed by atoms with van der Waals surface area (Å²) in [6.07, 6.45) is 126. The second-order valence-electron chi connectivity index (χ2n) is 45.3. The molecule has 846 valence electrons. The number of nitrogens with zero attached hydrogens (tertiary/aromatic N) is 4. The van der Waals surface area contributed by atoms with Gasteiger partial charge in [0.2, 0.25) is 22.8 Å². The molecular weight excluding hydrogens is 1930 g/mol. The Morgan fingerprint density at radius 2 is 0.392 bits per heavy atom. The van der Waals surface area contributed by atoms with Crippen molar-refractivity contribution in [3.05, 3.63) is 175 Å². The van der Waals surface area contributed by atoms with E-state index in [0.717, 1.165) is 149 Å². The quantitative estimate of drug-likeness (QED) is 0.0183. The molecule has 0 spiro atoms. The number of rotatable bonds is 98. The van der Waals surface area contributed by atoms with Gasteiger partial charge in [0.25, 0.3) is 0 Å². The molecule has 0 bridgehead atoms. The van der Waals surface area contributed by atoms with E-state index in [2.05, 4.69) is 204 Å². The maximum atomic E-state index is 12.5. The molecule has 0 saturated carbocycles. The zero-order valence-electron chi connectivity index (χ0n) is 99.5. The smallest absolute Gasteiger partial charge is 0.493 e. The Kier molecular flexibility index (Phi) is 95.4. The molecule has 148 heavy (non-hydrogen) atoms. The topological polar surface area (TPSA) is 50.6 Å². The maximum absolute atomic E-state index is 12.5. The Labute approximate surface area is 942 Å². The van der Waals surface area contributed by atoms with Crippen molar-refractivity contribution in [2.45, 2.75) is 684 Å². The molecule has 6 rings (SSSR count). The predicted octanol–water partition coefficient (Wildman–Crippen LogP) is 49.1. The summed E-state index contributed by atoms with van der Waals surface area (Å²) in [4.78, 5) is 0. The van der Waals surface area contributed by atoms with E-state index in [1.165, 1.54) is 554 Å². The number of allylic oxidation sites excluding steroid dienone is 4. The van der Waals surface area contributed by atoms with Gasteiger partial charge in [0.1, 0.15) is 0 Å². The van der Waals surface area contributed by atoms with Crippen LogP contribution in [0.1, 0.15) is 692 Å². The first kappa shape index (κ1) is 137. The van der Waals surface area contributed by atoms with Gasteiger partial charge in [0.05, 0.1) is 0 Å². The van der Waals surface area contributed by atoms with Gasteiger partial charge in [-0.05, 0) is 161 Å². The van der Waals surface area contributed by atoms with E-state index < -0.39 is 0 Å². The molecule has 0 atom stereocenters. The van der Waals surface area contributed by atoms with Gasteiger partial charge in [-0.3, -0.25) is 0 Å². The number of hydrogen-bond acceptors (Lipinski definition) is 0. The molecule has 0 unspecified atom stereocenters. The number of aryl methyl sites for hydroxylation is 4. The second-order valence-corrected chi connectivity index (χ2v) is 46.8. The Hall–Kier alpha value is -4.68. The molecule has 0 saturated heterocycles. The molecular formula is C142H238N4NiPd. The van der Waals surface area contributed by atoms with Crippen LogP contribution in [0.3, 0.4) is 0 Å². The molecule has 0 N–H and O–H groups in total. The molecule has 0 aliphatic carbocycles. The molecule has 4 aromatic rings. The molecule has 0 aromatic heterocycles. The van der Waals surface area contributed by atoms with Crippen molar-refractivity contribution in [2.24, 2.45) is 0 Å². The molecule has 2 heterocycles. The van der Waals surface area contributed by atoms with Crippen molar-refractivity contribution in [1.82, 2.24) is 0 Å². The van der Waals surface area contributed by atoms with Gasteiger partial charge in [-0.15, -0.1) is 23.7 Å². The molecule has 4 nitrogen and oxygen atoms in total. The van der Waals surface area contributed by atoms with Crippen LogP contribution in [0.25, 0.3) is 33.9 Å². The third-order valence-corrected chi connectivity index (χ3v) is 33.1. The summed E-state index contributed by atoms with van der Waals surface area (Å²) in [7, 11) is 0. The predicted molar refractivity (Wildman–Crippen MR) is 653 cm³/mol. The molecule has 0 radical (unpaired) electrons. The van der Waals surface area contributed by atoms with Crippen molar-refractivity contribution < 1.29 is 44.3 Å². The van der Waals surface area contributed by atoms with Gasteiger partial charge < -0.3 is 11.1 Å². The molecule has 0 fully saturated rings. The van der Waals surface area contributed by atoms with Crippen LogP contribution in [-0.2, 0) is 60.5 Å². The van der Waals surface area contributed by atoms with Crippen LogP contribution in [0.2, 0.25) is 10.8 Å². The van der Waals surface area contributed by atoms with Crippen LogP contribution in [0, 0.1) is 23.7 Å². The van der Waals surface area contributed by atoms with E-state index >= 15 is 0 Å². The summed E-state index contributed by atoms with van der Waals surface area (Å²) < 4.78 is 3.17. The summed E-state index contributed by atoms with van der Waals surface area (Å²) in [5.41, 5.74) is 43.9. The molecule has 0 amide bonds. The monoisotopic (exact) mass is 2160 g/mol. The van der Waals surface area contributed by atoms with Crippen LogP contribution in [0.4, 0.5) is 0 Å². The second kappa shape index (κ2) is 103. The van der Waals surface area contributed by atoms with Crippen LogP contribution >= 0.6 is 0 Å². The van der Waals surface area contributed by atoms with Gasteiger partial charge in [-0.1, -0.05) is 464 Å². The van der Waals surface area contributed by atoms with Gasteiger partial charge in [-0.2, -0.15) is 0 Å². The van der Waals surface area contributed by atoms with Crippen LogP contribution in [0.15, 0.2) is 119 Å². The fourth-order valence-electron chi connectivity index (χ4n) is 22.3. The van der Waals surface area contributed by atoms with Crippen molar-refractivity contribution >= 4 is 22.8 Å². The summed E-state index contributed by atoms with van der Waals surface area (Å²) in [5.74, 6) is 14.0. The summed E-state index contributed by atoms with van der Waals surface area (Å²) in [6.45, 7) is 22.8. The van der Waals surface area contributed by atoms with Crippen molar-refractivity contribution in [1.29, 1.82) is 0 Å². The van der Waals surface area contributed by atoms with Crippen LogP contribution in [0.5, 0.6) is 0 Å². The minimum absolute atomic E-state index is 0. The van der Waals surface area contributed by atoms with Gasteiger partial charge >= 0.3 is 166 Å². The third kappa shape index (κ3) is 68.7. The van der Waals surface area contributed by atoms with Crippen molar-refractivity contribution in [3.8, 4) is 23.7 Å². The van der Waals surface area contributed by atoms with Crippen molar-refractivity contribution in [3.63, 3.8) is 0 Å². The summed E-state index contributed by atoms with van der Waals surface area (Å²) in [6, 6.07) is 35.6. The molecule has 6 heteroatoms. The summed E-state index contributed by atoms with van der Waals surface area (Å²) >= 11 is 2.05. The number of benzene rings is 4. The van der Waals surface area contributed by atoms with E-state index in [9.17, 15) is 11.1 Å². The Balaban J connectivity index is 0.000000578. The van der Waals surface area contributed by atoms with Gasteiger partial charge in [0.15, 0.2) is 0 Å². The first-order chi connectivity index (χ1) is 72.7. The third-order valence-electron chi connectivity index (χ3n) is 31.7. The Bertz CT molecular complexity index is 3790. The van der Waals surface area contributed by atoms with E-state index in [-0.39, 0.29) is 20.4 Å². The fourth-order valence-corrected chi connectivity index (χ4v) is 23.5. The molecule has 2 aliphatic heterocycles. The van der Waals surface area contributed by atoms with Crippen LogP contribution in [-0.4, -0.2) is 9.39 Å². The normalized spacial score (nSPS) is 12.5. The summed E-state index contributed by atoms with van der Waals surface area (Å²) in [5, 5.41) is 2.87. The Morgan fingerprint density at radius 1 is 0.189 bits per heavy atom. The number of unbranched alkanes of at least 4 members (excludes halogenated alkanes) is 74. The zero-order valence-corrected chi connectivity index (χ0v) is 102. The van der Waals surface area contributed by atoms with E-state index in [0.29, 0.717) is 0 Å². The fraction of sp³-hybridized carbons (Fsp3) is 0.746. The van der Waals surface area contributed by atoms with E-state index in [1.807, 2.05) is 0 Å². The average molecular weight is 2170 g/mol. The van der Waals surface area contributed by atoms with Gasteiger partial charge in [-0.25, -0.2) is 9.39 Å². The first-order valence-corrected chi connectivity index (χ1v) is 66.7. The molecule has 2 aliphatic rings. The van der Waals surface area contributed by atoms with Crippen LogP contribution < -0.4 is 0 Å². The standard InChI is InChI=1S/C54H80N2.C36H52N2.2C26H53.Ni.Pd/c1-5-9-13-17-19-21-23-25-27-29-31-39-47-41-35-37-43-49(47)53-51(45-33-15-11-7-3)52(46-34-16-12-8-4)54(56(53)55)50-44-38-36-42-48(50)40-32-30-28-26-24-22-20-18-14-10-6-2;1-5-9-13-15-19-29-21-17-23-31(27-29)35-33(25-11-7-3)34(26-12-8-4)36(38(35)37)32-24-18-22-30(28-32)20-16-14-10-6-2;2*1-3-5-7-9-11-13-15-17-19-21-23-25-26-24-22-20-18-16-14-12-10-8-6-4-2;;/h35-38,41-44H,5-26,31-34,39-40,45-46H2,1-4H3;17-18,21-24,27-28H,5-16,19-20,25-26H2,1-4H3;2*1,3-26H2,2H3;;. The minimum Gasteiger partial charge on any atom is -0.493 e. The Morgan fingerprint density at radius 3 is 0.655 bits per heavy atom.